The van der Waals surface area contributed by atoms with E-state index in [0.29, 0.717) is 11.3 Å². The zero-order chi connectivity index (χ0) is 20.9. The summed E-state index contributed by atoms with van der Waals surface area (Å²) in [6, 6.07) is 9.32. The van der Waals surface area contributed by atoms with Gasteiger partial charge in [-0.3, -0.25) is 4.79 Å². The maximum absolute atomic E-state index is 12.6. The van der Waals surface area contributed by atoms with Gasteiger partial charge >= 0.3 is 12.1 Å². The number of carbonyl (C=O) groups is 2. The molecule has 1 heterocycles. The molecule has 2 rings (SSSR count). The van der Waals surface area contributed by atoms with E-state index in [1.54, 1.807) is 0 Å². The van der Waals surface area contributed by atoms with Crippen LogP contribution in [0, 0.1) is 25.2 Å². The van der Waals surface area contributed by atoms with Gasteiger partial charge in [-0.05, 0) is 44.2 Å². The average molecular weight is 394 g/mol. The summed E-state index contributed by atoms with van der Waals surface area (Å²) in [6.07, 6.45) is -4.41. The largest absolute Gasteiger partial charge is 0.482 e. The Morgan fingerprint density at radius 2 is 1.79 bits per heavy atom. The van der Waals surface area contributed by atoms with Gasteiger partial charge in [-0.25, -0.2) is 4.79 Å². The molecule has 0 fully saturated rings. The fraction of sp³-hybridized carbons (Fsp3) is 0.316. The number of halogens is 3. The molecule has 148 valence electrons. The zero-order valence-electron chi connectivity index (χ0n) is 15.2. The summed E-state index contributed by atoms with van der Waals surface area (Å²) in [5, 5.41) is 8.70. The molecule has 1 aromatic heterocycles. The highest BCUT2D eigenvalue weighted by atomic mass is 19.4. The number of aromatic nitrogens is 1. The average Bonchev–Trinajstić information content (AvgIpc) is 2.91. The lowest BCUT2D eigenvalue weighted by molar-refractivity contribution is -0.144. The van der Waals surface area contributed by atoms with Crippen LogP contribution in [0.15, 0.2) is 30.3 Å². The van der Waals surface area contributed by atoms with Gasteiger partial charge in [0.2, 0.25) is 5.78 Å². The van der Waals surface area contributed by atoms with Crippen LogP contribution in [0.1, 0.15) is 27.3 Å². The normalized spacial score (nSPS) is 11.0. The van der Waals surface area contributed by atoms with E-state index >= 15 is 0 Å². The second-order valence-electron chi connectivity index (χ2n) is 5.99. The number of esters is 1. The van der Waals surface area contributed by atoms with Gasteiger partial charge in [-0.15, -0.1) is 0 Å². The summed E-state index contributed by atoms with van der Waals surface area (Å²) in [5.41, 5.74) is 0.949. The first-order valence-corrected chi connectivity index (χ1v) is 8.16. The third-order valence-corrected chi connectivity index (χ3v) is 3.92. The Bertz CT molecular complexity index is 909. The lowest BCUT2D eigenvalue weighted by atomic mass is 10.1. The highest BCUT2D eigenvalue weighted by Crippen LogP contribution is 2.23. The molecule has 0 unspecified atom stereocenters. The molecule has 1 aromatic carbocycles. The number of rotatable bonds is 7. The second-order valence-corrected chi connectivity index (χ2v) is 5.99. The topological polar surface area (TPSA) is 81.3 Å². The van der Waals surface area contributed by atoms with Crippen molar-refractivity contribution < 1.29 is 32.2 Å². The minimum Gasteiger partial charge on any atom is -0.482 e. The van der Waals surface area contributed by atoms with Crippen molar-refractivity contribution in [2.45, 2.75) is 26.6 Å². The number of hydrogen-bond donors (Lipinski definition) is 0. The SMILES string of the molecule is Cc1cc(C(=O)COC(=O)COc2ccc(C#N)cc2)c(C)n1CC(F)(F)F. The quantitative estimate of drug-likeness (QED) is 0.531. The van der Waals surface area contributed by atoms with Crippen LogP contribution in [-0.4, -0.2) is 35.7 Å². The van der Waals surface area contributed by atoms with Crippen molar-refractivity contribution in [1.29, 1.82) is 5.26 Å². The Morgan fingerprint density at radius 3 is 2.36 bits per heavy atom. The lowest BCUT2D eigenvalue weighted by Crippen LogP contribution is -2.21. The van der Waals surface area contributed by atoms with Crippen LogP contribution in [0.3, 0.4) is 0 Å². The summed E-state index contributed by atoms with van der Waals surface area (Å²) in [7, 11) is 0. The van der Waals surface area contributed by atoms with Gasteiger partial charge in [-0.1, -0.05) is 0 Å². The molecule has 0 aliphatic heterocycles. The smallest absolute Gasteiger partial charge is 0.406 e. The first-order chi connectivity index (χ1) is 13.1. The highest BCUT2D eigenvalue weighted by Gasteiger charge is 2.30. The van der Waals surface area contributed by atoms with E-state index < -0.39 is 37.7 Å². The molecule has 0 atom stereocenters. The number of nitrogens with zero attached hydrogens (tertiary/aromatic N) is 2. The molecule has 6 nitrogen and oxygen atoms in total. The van der Waals surface area contributed by atoms with Gasteiger partial charge in [0.25, 0.3) is 0 Å². The Morgan fingerprint density at radius 1 is 1.14 bits per heavy atom. The maximum Gasteiger partial charge on any atom is 0.406 e. The van der Waals surface area contributed by atoms with E-state index in [-0.39, 0.29) is 17.0 Å². The van der Waals surface area contributed by atoms with Gasteiger partial charge in [0.05, 0.1) is 11.6 Å². The molecule has 9 heteroatoms. The molecule has 2 aromatic rings. The number of hydrogen-bond acceptors (Lipinski definition) is 5. The third kappa shape index (κ3) is 5.61. The van der Waals surface area contributed by atoms with Crippen LogP contribution in [0.2, 0.25) is 0 Å². The Balaban J connectivity index is 1.90. The molecule has 0 spiro atoms. The molecular weight excluding hydrogens is 377 g/mol. The fourth-order valence-electron chi connectivity index (χ4n) is 2.54. The Labute approximate surface area is 159 Å². The van der Waals surface area contributed by atoms with Crippen molar-refractivity contribution in [3.05, 3.63) is 52.8 Å². The third-order valence-electron chi connectivity index (χ3n) is 3.92. The van der Waals surface area contributed by atoms with Crippen molar-refractivity contribution in [3.8, 4) is 11.8 Å². The molecule has 0 N–H and O–H groups in total. The molecule has 0 aliphatic rings. The lowest BCUT2D eigenvalue weighted by Gasteiger charge is -2.12. The van der Waals surface area contributed by atoms with Crippen LogP contribution in [0.4, 0.5) is 13.2 Å². The number of carbonyl (C=O) groups excluding carboxylic acids is 2. The summed E-state index contributed by atoms with van der Waals surface area (Å²) >= 11 is 0. The van der Waals surface area contributed by atoms with Crippen LogP contribution in [-0.2, 0) is 16.1 Å². The number of benzene rings is 1. The Hall–Kier alpha value is -3.28. The fourth-order valence-corrected chi connectivity index (χ4v) is 2.54. The number of ether oxygens (including phenoxy) is 2. The molecule has 0 saturated heterocycles. The van der Waals surface area contributed by atoms with Gasteiger partial charge < -0.3 is 14.0 Å². The Kier molecular flexibility index (Phi) is 6.46. The minimum atomic E-state index is -4.41. The standard InChI is InChI=1S/C19H17F3N2O4/c1-12-7-16(13(2)24(12)11-19(20,21)22)17(25)9-28-18(26)10-27-15-5-3-14(8-23)4-6-15/h3-7H,9-11H2,1-2H3. The molecule has 0 bridgehead atoms. The van der Waals surface area contributed by atoms with E-state index in [4.69, 9.17) is 14.7 Å². The minimum absolute atomic E-state index is 0.0718. The van der Waals surface area contributed by atoms with Gasteiger partial charge in [0, 0.05) is 17.0 Å². The van der Waals surface area contributed by atoms with Gasteiger partial charge in [0.15, 0.2) is 13.2 Å². The van der Waals surface area contributed by atoms with E-state index in [9.17, 15) is 22.8 Å². The maximum atomic E-state index is 12.6. The first-order valence-electron chi connectivity index (χ1n) is 8.16. The molecule has 0 saturated carbocycles. The van der Waals surface area contributed by atoms with Crippen LogP contribution >= 0.6 is 0 Å². The van der Waals surface area contributed by atoms with Crippen molar-refractivity contribution in [2.24, 2.45) is 0 Å². The predicted molar refractivity (Wildman–Crippen MR) is 91.9 cm³/mol. The van der Waals surface area contributed by atoms with Crippen LogP contribution in [0.5, 0.6) is 5.75 Å². The monoisotopic (exact) mass is 394 g/mol. The van der Waals surface area contributed by atoms with E-state index in [0.717, 1.165) is 4.57 Å². The van der Waals surface area contributed by atoms with E-state index in [1.807, 2.05) is 6.07 Å². The number of Topliss-reactive ketones (excluding diaryl/α,β-unsaturated/α-hetero) is 1. The van der Waals surface area contributed by atoms with Crippen molar-refractivity contribution in [1.82, 2.24) is 4.57 Å². The van der Waals surface area contributed by atoms with Crippen molar-refractivity contribution >= 4 is 11.8 Å². The van der Waals surface area contributed by atoms with Gasteiger partial charge in [0.1, 0.15) is 12.3 Å². The second kappa shape index (κ2) is 8.61. The summed E-state index contributed by atoms with van der Waals surface area (Å²) in [4.78, 5) is 23.9. The van der Waals surface area contributed by atoms with E-state index in [2.05, 4.69) is 0 Å². The molecule has 0 radical (unpaired) electrons. The zero-order valence-corrected chi connectivity index (χ0v) is 15.2. The number of ketones is 1. The number of aryl methyl sites for hydroxylation is 1. The molecular formula is C19H17F3N2O4. The molecule has 28 heavy (non-hydrogen) atoms. The number of alkyl halides is 3. The summed E-state index contributed by atoms with van der Waals surface area (Å²) in [6.45, 7) is 0.614. The number of nitriles is 1. The summed E-state index contributed by atoms with van der Waals surface area (Å²) < 4.78 is 48.9. The molecule has 0 aliphatic carbocycles. The van der Waals surface area contributed by atoms with Crippen LogP contribution in [0.25, 0.3) is 0 Å². The summed E-state index contributed by atoms with van der Waals surface area (Å²) in [5.74, 6) is -1.06. The highest BCUT2D eigenvalue weighted by molar-refractivity contribution is 5.99. The molecule has 0 amide bonds. The van der Waals surface area contributed by atoms with E-state index in [1.165, 1.54) is 44.2 Å². The first kappa shape index (κ1) is 21.0. The van der Waals surface area contributed by atoms with Crippen LogP contribution < -0.4 is 4.74 Å². The van der Waals surface area contributed by atoms with Crippen molar-refractivity contribution in [3.63, 3.8) is 0 Å². The van der Waals surface area contributed by atoms with Crippen molar-refractivity contribution in [2.75, 3.05) is 13.2 Å². The predicted octanol–water partition coefficient (Wildman–Crippen LogP) is 3.34. The van der Waals surface area contributed by atoms with Gasteiger partial charge in [-0.2, -0.15) is 18.4 Å².